The lowest BCUT2D eigenvalue weighted by atomic mass is 9.95. The lowest BCUT2D eigenvalue weighted by Crippen LogP contribution is -2.27. The molecule has 1 atom stereocenters. The summed E-state index contributed by atoms with van der Waals surface area (Å²) in [5.41, 5.74) is 4.52. The van der Waals surface area contributed by atoms with Crippen molar-refractivity contribution in [3.05, 3.63) is 34.9 Å². The standard InChI is InChI=1S/C15H22N2O/c1-2-13-9-16-6-4-15(13)14(3-1)10-17-8-12-5-7-18-11-12/h1-3,12,16-17H,4-11H2. The highest BCUT2D eigenvalue weighted by atomic mass is 16.5. The molecule has 1 aromatic rings. The van der Waals surface area contributed by atoms with Crippen molar-refractivity contribution in [2.75, 3.05) is 26.3 Å². The van der Waals surface area contributed by atoms with E-state index in [1.54, 1.807) is 5.56 Å². The summed E-state index contributed by atoms with van der Waals surface area (Å²) in [5, 5.41) is 7.03. The highest BCUT2D eigenvalue weighted by Gasteiger charge is 2.16. The van der Waals surface area contributed by atoms with Crippen molar-refractivity contribution in [3.8, 4) is 0 Å². The zero-order valence-electron chi connectivity index (χ0n) is 10.9. The summed E-state index contributed by atoms with van der Waals surface area (Å²) in [6.07, 6.45) is 2.38. The van der Waals surface area contributed by atoms with Crippen molar-refractivity contribution in [1.29, 1.82) is 0 Å². The van der Waals surface area contributed by atoms with Crippen LogP contribution >= 0.6 is 0 Å². The molecule has 3 rings (SSSR count). The Morgan fingerprint density at radius 1 is 1.39 bits per heavy atom. The van der Waals surface area contributed by atoms with Gasteiger partial charge in [-0.3, -0.25) is 0 Å². The molecule has 2 aliphatic rings. The Morgan fingerprint density at radius 3 is 3.28 bits per heavy atom. The summed E-state index contributed by atoms with van der Waals surface area (Å²) in [6.45, 7) is 6.10. The van der Waals surface area contributed by atoms with Gasteiger partial charge in [0.25, 0.3) is 0 Å². The van der Waals surface area contributed by atoms with E-state index in [-0.39, 0.29) is 0 Å². The van der Waals surface area contributed by atoms with Gasteiger partial charge in [-0.05, 0) is 42.0 Å². The topological polar surface area (TPSA) is 33.3 Å². The molecule has 1 fully saturated rings. The Hall–Kier alpha value is -0.900. The Bertz CT molecular complexity index is 399. The molecule has 0 spiro atoms. The average Bonchev–Trinajstić information content (AvgIpc) is 2.92. The number of hydrogen-bond acceptors (Lipinski definition) is 3. The van der Waals surface area contributed by atoms with E-state index < -0.39 is 0 Å². The van der Waals surface area contributed by atoms with Gasteiger partial charge in [-0.25, -0.2) is 0 Å². The van der Waals surface area contributed by atoms with E-state index in [9.17, 15) is 0 Å². The van der Waals surface area contributed by atoms with Crippen molar-refractivity contribution in [1.82, 2.24) is 10.6 Å². The monoisotopic (exact) mass is 246 g/mol. The fourth-order valence-corrected chi connectivity index (χ4v) is 2.93. The van der Waals surface area contributed by atoms with Gasteiger partial charge in [0.2, 0.25) is 0 Å². The first-order chi connectivity index (χ1) is 8.93. The van der Waals surface area contributed by atoms with E-state index in [4.69, 9.17) is 4.74 Å². The fraction of sp³-hybridized carbons (Fsp3) is 0.600. The molecule has 2 heterocycles. The molecule has 0 amide bonds. The largest absolute Gasteiger partial charge is 0.381 e. The molecule has 0 aromatic heterocycles. The number of benzene rings is 1. The summed E-state index contributed by atoms with van der Waals surface area (Å²) in [7, 11) is 0. The number of nitrogens with one attached hydrogen (secondary N) is 2. The van der Waals surface area contributed by atoms with Crippen LogP contribution in [-0.2, 0) is 24.2 Å². The van der Waals surface area contributed by atoms with E-state index in [0.717, 1.165) is 39.4 Å². The van der Waals surface area contributed by atoms with E-state index in [1.807, 2.05) is 0 Å². The molecule has 0 saturated carbocycles. The molecular formula is C15H22N2O. The van der Waals surface area contributed by atoms with Crippen molar-refractivity contribution >= 4 is 0 Å². The van der Waals surface area contributed by atoms with E-state index in [0.29, 0.717) is 5.92 Å². The molecule has 1 saturated heterocycles. The minimum Gasteiger partial charge on any atom is -0.381 e. The third-order valence-corrected chi connectivity index (χ3v) is 4.01. The molecule has 0 radical (unpaired) electrons. The van der Waals surface area contributed by atoms with Crippen molar-refractivity contribution < 1.29 is 4.74 Å². The maximum atomic E-state index is 5.40. The van der Waals surface area contributed by atoms with Crippen molar-refractivity contribution in [2.45, 2.75) is 25.9 Å². The maximum Gasteiger partial charge on any atom is 0.0507 e. The molecule has 18 heavy (non-hydrogen) atoms. The molecular weight excluding hydrogens is 224 g/mol. The quantitative estimate of drug-likeness (QED) is 0.844. The number of ether oxygens (including phenoxy) is 1. The van der Waals surface area contributed by atoms with Gasteiger partial charge >= 0.3 is 0 Å². The van der Waals surface area contributed by atoms with Gasteiger partial charge in [0.05, 0.1) is 6.61 Å². The van der Waals surface area contributed by atoms with Gasteiger partial charge in [0, 0.05) is 26.2 Å². The van der Waals surface area contributed by atoms with Gasteiger partial charge in [-0.15, -0.1) is 0 Å². The highest BCUT2D eigenvalue weighted by Crippen LogP contribution is 2.19. The zero-order valence-corrected chi connectivity index (χ0v) is 10.9. The minimum atomic E-state index is 0.714. The lowest BCUT2D eigenvalue weighted by Gasteiger charge is -2.21. The lowest BCUT2D eigenvalue weighted by molar-refractivity contribution is 0.185. The number of rotatable bonds is 4. The van der Waals surface area contributed by atoms with Gasteiger partial charge in [-0.2, -0.15) is 0 Å². The summed E-state index contributed by atoms with van der Waals surface area (Å²) in [5.74, 6) is 0.714. The van der Waals surface area contributed by atoms with Crippen LogP contribution in [0.25, 0.3) is 0 Å². The molecule has 2 N–H and O–H groups in total. The molecule has 0 aliphatic carbocycles. The number of hydrogen-bond donors (Lipinski definition) is 2. The van der Waals surface area contributed by atoms with Crippen LogP contribution in [0, 0.1) is 5.92 Å². The Labute approximate surface area is 109 Å². The van der Waals surface area contributed by atoms with Gasteiger partial charge in [0.15, 0.2) is 0 Å². The Kier molecular flexibility index (Phi) is 3.93. The van der Waals surface area contributed by atoms with Crippen LogP contribution in [0.5, 0.6) is 0 Å². The number of fused-ring (bicyclic) bond motifs is 1. The smallest absolute Gasteiger partial charge is 0.0507 e. The predicted octanol–water partition coefficient (Wildman–Crippen LogP) is 1.46. The summed E-state index contributed by atoms with van der Waals surface area (Å²) < 4.78 is 5.40. The second kappa shape index (κ2) is 5.83. The molecule has 3 nitrogen and oxygen atoms in total. The first-order valence-electron chi connectivity index (χ1n) is 7.02. The molecule has 1 unspecified atom stereocenters. The summed E-state index contributed by atoms with van der Waals surface area (Å²) >= 11 is 0. The highest BCUT2D eigenvalue weighted by molar-refractivity contribution is 5.36. The normalized spacial score (nSPS) is 23.0. The molecule has 3 heteroatoms. The average molecular weight is 246 g/mol. The third-order valence-electron chi connectivity index (χ3n) is 4.01. The summed E-state index contributed by atoms with van der Waals surface area (Å²) in [4.78, 5) is 0. The van der Waals surface area contributed by atoms with Crippen LogP contribution < -0.4 is 10.6 Å². The van der Waals surface area contributed by atoms with Crippen LogP contribution in [0.1, 0.15) is 23.1 Å². The van der Waals surface area contributed by atoms with Gasteiger partial charge in [-0.1, -0.05) is 18.2 Å². The second-order valence-electron chi connectivity index (χ2n) is 5.34. The molecule has 2 aliphatic heterocycles. The van der Waals surface area contributed by atoms with E-state index >= 15 is 0 Å². The second-order valence-corrected chi connectivity index (χ2v) is 5.34. The van der Waals surface area contributed by atoms with Crippen LogP contribution in [0.4, 0.5) is 0 Å². The molecule has 0 bridgehead atoms. The van der Waals surface area contributed by atoms with Crippen LogP contribution in [-0.4, -0.2) is 26.3 Å². The van der Waals surface area contributed by atoms with Crippen LogP contribution in [0.15, 0.2) is 18.2 Å². The predicted molar refractivity (Wildman–Crippen MR) is 72.5 cm³/mol. The minimum absolute atomic E-state index is 0.714. The van der Waals surface area contributed by atoms with Gasteiger partial charge in [0.1, 0.15) is 0 Å². The molecule has 1 aromatic carbocycles. The Balaban J connectivity index is 1.58. The fourth-order valence-electron chi connectivity index (χ4n) is 2.93. The van der Waals surface area contributed by atoms with Crippen molar-refractivity contribution in [3.63, 3.8) is 0 Å². The van der Waals surface area contributed by atoms with E-state index in [2.05, 4.69) is 28.8 Å². The molecule has 98 valence electrons. The third kappa shape index (κ3) is 2.74. The van der Waals surface area contributed by atoms with Crippen LogP contribution in [0.2, 0.25) is 0 Å². The Morgan fingerprint density at radius 2 is 2.39 bits per heavy atom. The maximum absolute atomic E-state index is 5.40. The van der Waals surface area contributed by atoms with Crippen molar-refractivity contribution in [2.24, 2.45) is 5.92 Å². The van der Waals surface area contributed by atoms with Gasteiger partial charge < -0.3 is 15.4 Å². The summed E-state index contributed by atoms with van der Waals surface area (Å²) in [6, 6.07) is 6.69. The first kappa shape index (κ1) is 12.2. The first-order valence-corrected chi connectivity index (χ1v) is 7.02. The van der Waals surface area contributed by atoms with Crippen LogP contribution in [0.3, 0.4) is 0 Å². The zero-order chi connectivity index (χ0) is 12.2. The van der Waals surface area contributed by atoms with E-state index in [1.165, 1.54) is 24.0 Å². The SMILES string of the molecule is c1cc2c(c(CNCC3CCOC3)c1)CCNC2.